The van der Waals surface area contributed by atoms with Crippen molar-refractivity contribution in [3.63, 3.8) is 0 Å². The number of carbonyl (C=O) groups excluding carboxylic acids is 1. The number of carbonyl (C=O) groups is 1. The molecule has 3 unspecified atom stereocenters. The molecule has 0 aromatic heterocycles. The number of benzene rings is 2. The molecule has 0 radical (unpaired) electrons. The van der Waals surface area contributed by atoms with Gasteiger partial charge in [-0.3, -0.25) is 10.2 Å². The first-order valence-electron chi connectivity index (χ1n) is 8.48. The Bertz CT molecular complexity index is 680. The summed E-state index contributed by atoms with van der Waals surface area (Å²) < 4.78 is 0. The SMILES string of the molecule is CCCC1CC(C(=O)NC(C)c2cccc3ccccc23)NN1. The van der Waals surface area contributed by atoms with Gasteiger partial charge in [0.05, 0.1) is 6.04 Å². The number of amides is 1. The highest BCUT2D eigenvalue weighted by molar-refractivity contribution is 5.87. The molecule has 0 spiro atoms. The maximum atomic E-state index is 12.5. The van der Waals surface area contributed by atoms with E-state index in [4.69, 9.17) is 0 Å². The third-order valence-electron chi connectivity index (χ3n) is 4.58. The molecule has 3 N–H and O–H groups in total. The van der Waals surface area contributed by atoms with Crippen molar-refractivity contribution in [1.82, 2.24) is 16.2 Å². The van der Waals surface area contributed by atoms with Crippen LogP contribution in [-0.4, -0.2) is 18.0 Å². The van der Waals surface area contributed by atoms with Crippen LogP contribution in [0.15, 0.2) is 42.5 Å². The summed E-state index contributed by atoms with van der Waals surface area (Å²) in [5.41, 5.74) is 7.50. The largest absolute Gasteiger partial charge is 0.348 e. The predicted octanol–water partition coefficient (Wildman–Crippen LogP) is 3.05. The van der Waals surface area contributed by atoms with Crippen LogP contribution in [0.4, 0.5) is 0 Å². The van der Waals surface area contributed by atoms with E-state index in [1.165, 1.54) is 10.8 Å². The normalized spacial score (nSPS) is 22.2. The first-order valence-corrected chi connectivity index (χ1v) is 8.48. The van der Waals surface area contributed by atoms with Crippen LogP contribution >= 0.6 is 0 Å². The molecular formula is C19H25N3O. The molecular weight excluding hydrogens is 286 g/mol. The maximum absolute atomic E-state index is 12.5. The number of rotatable bonds is 5. The molecule has 0 aliphatic carbocycles. The van der Waals surface area contributed by atoms with Gasteiger partial charge in [0.1, 0.15) is 6.04 Å². The average Bonchev–Trinajstić information content (AvgIpc) is 3.03. The Labute approximate surface area is 137 Å². The zero-order valence-electron chi connectivity index (χ0n) is 13.8. The number of hydrogen-bond donors (Lipinski definition) is 3. The number of nitrogens with one attached hydrogen (secondary N) is 3. The molecule has 2 aromatic carbocycles. The molecule has 4 heteroatoms. The van der Waals surface area contributed by atoms with Crippen molar-refractivity contribution in [1.29, 1.82) is 0 Å². The molecule has 1 heterocycles. The predicted molar refractivity (Wildman–Crippen MR) is 93.9 cm³/mol. The molecule has 23 heavy (non-hydrogen) atoms. The van der Waals surface area contributed by atoms with E-state index < -0.39 is 0 Å². The lowest BCUT2D eigenvalue weighted by atomic mass is 9.99. The van der Waals surface area contributed by atoms with Gasteiger partial charge in [0.25, 0.3) is 0 Å². The van der Waals surface area contributed by atoms with Crippen LogP contribution in [0.2, 0.25) is 0 Å². The van der Waals surface area contributed by atoms with Crippen LogP contribution in [0.5, 0.6) is 0 Å². The van der Waals surface area contributed by atoms with Gasteiger partial charge in [0.2, 0.25) is 5.91 Å². The van der Waals surface area contributed by atoms with Crippen LogP contribution < -0.4 is 16.2 Å². The summed E-state index contributed by atoms with van der Waals surface area (Å²) in [6.45, 7) is 4.21. The van der Waals surface area contributed by atoms with E-state index in [0.29, 0.717) is 6.04 Å². The second-order valence-electron chi connectivity index (χ2n) is 6.36. The molecule has 3 atom stereocenters. The quantitative estimate of drug-likeness (QED) is 0.795. The summed E-state index contributed by atoms with van der Waals surface area (Å²) in [7, 11) is 0. The van der Waals surface area contributed by atoms with Gasteiger partial charge in [-0.1, -0.05) is 55.8 Å². The second kappa shape index (κ2) is 7.11. The Balaban J connectivity index is 1.69. The summed E-state index contributed by atoms with van der Waals surface area (Å²) >= 11 is 0. The van der Waals surface area contributed by atoms with Gasteiger partial charge in [0, 0.05) is 6.04 Å². The average molecular weight is 311 g/mol. The fourth-order valence-corrected chi connectivity index (χ4v) is 3.35. The van der Waals surface area contributed by atoms with Crippen LogP contribution in [0.25, 0.3) is 10.8 Å². The molecule has 122 valence electrons. The minimum atomic E-state index is -0.149. The van der Waals surface area contributed by atoms with Gasteiger partial charge in [0.15, 0.2) is 0 Å². The Hall–Kier alpha value is -1.91. The Kier molecular flexibility index (Phi) is 4.94. The first kappa shape index (κ1) is 16.0. The lowest BCUT2D eigenvalue weighted by Crippen LogP contribution is -2.44. The van der Waals surface area contributed by atoms with Gasteiger partial charge in [-0.25, -0.2) is 5.43 Å². The van der Waals surface area contributed by atoms with E-state index >= 15 is 0 Å². The van der Waals surface area contributed by atoms with Crippen molar-refractivity contribution >= 4 is 16.7 Å². The second-order valence-corrected chi connectivity index (χ2v) is 6.36. The van der Waals surface area contributed by atoms with E-state index in [-0.39, 0.29) is 18.0 Å². The molecule has 2 aromatic rings. The fraction of sp³-hybridized carbons (Fsp3) is 0.421. The first-order chi connectivity index (χ1) is 11.2. The van der Waals surface area contributed by atoms with Crippen LogP contribution in [0.1, 0.15) is 44.7 Å². The minimum Gasteiger partial charge on any atom is -0.348 e. The summed E-state index contributed by atoms with van der Waals surface area (Å²) in [5, 5.41) is 5.55. The maximum Gasteiger partial charge on any atom is 0.239 e. The highest BCUT2D eigenvalue weighted by Gasteiger charge is 2.29. The molecule has 1 saturated heterocycles. The van der Waals surface area contributed by atoms with Crippen molar-refractivity contribution in [2.45, 2.75) is 51.2 Å². The number of hydrazine groups is 1. The molecule has 1 fully saturated rings. The highest BCUT2D eigenvalue weighted by atomic mass is 16.2. The molecule has 1 aliphatic heterocycles. The summed E-state index contributed by atoms with van der Waals surface area (Å²) in [5.74, 6) is 0.0662. The van der Waals surface area contributed by atoms with Crippen molar-refractivity contribution in [2.24, 2.45) is 0 Å². The van der Waals surface area contributed by atoms with E-state index in [0.717, 1.165) is 24.8 Å². The van der Waals surface area contributed by atoms with E-state index in [1.807, 2.05) is 25.1 Å². The van der Waals surface area contributed by atoms with Crippen LogP contribution in [-0.2, 0) is 4.79 Å². The molecule has 4 nitrogen and oxygen atoms in total. The lowest BCUT2D eigenvalue weighted by molar-refractivity contribution is -0.123. The summed E-state index contributed by atoms with van der Waals surface area (Å²) in [6, 6.07) is 14.8. The van der Waals surface area contributed by atoms with Gasteiger partial charge in [-0.2, -0.15) is 0 Å². The fourth-order valence-electron chi connectivity index (χ4n) is 3.35. The molecule has 1 aliphatic rings. The van der Waals surface area contributed by atoms with Crippen molar-refractivity contribution in [3.05, 3.63) is 48.0 Å². The highest BCUT2D eigenvalue weighted by Crippen LogP contribution is 2.24. The molecule has 1 amide bonds. The van der Waals surface area contributed by atoms with Crippen LogP contribution in [0.3, 0.4) is 0 Å². The van der Waals surface area contributed by atoms with Crippen molar-refractivity contribution in [3.8, 4) is 0 Å². The summed E-state index contributed by atoms with van der Waals surface area (Å²) in [6.07, 6.45) is 3.07. The standard InChI is InChI=1S/C19H25N3O/c1-3-7-15-12-18(22-21-15)19(23)20-13(2)16-11-6-9-14-8-4-5-10-17(14)16/h4-6,8-11,13,15,18,21-22H,3,7,12H2,1-2H3,(H,20,23). The van der Waals surface area contributed by atoms with Gasteiger partial charge >= 0.3 is 0 Å². The van der Waals surface area contributed by atoms with E-state index in [1.54, 1.807) is 0 Å². The van der Waals surface area contributed by atoms with Gasteiger partial charge in [-0.15, -0.1) is 0 Å². The Morgan fingerprint density at radius 2 is 2.00 bits per heavy atom. The van der Waals surface area contributed by atoms with Gasteiger partial charge < -0.3 is 5.32 Å². The minimum absolute atomic E-state index is 0.0133. The topological polar surface area (TPSA) is 53.2 Å². The molecule has 0 saturated carbocycles. The number of hydrogen-bond acceptors (Lipinski definition) is 3. The third kappa shape index (κ3) is 3.54. The lowest BCUT2D eigenvalue weighted by Gasteiger charge is -2.19. The van der Waals surface area contributed by atoms with E-state index in [9.17, 15) is 4.79 Å². The number of fused-ring (bicyclic) bond motifs is 1. The van der Waals surface area contributed by atoms with Crippen molar-refractivity contribution < 1.29 is 4.79 Å². The molecule has 0 bridgehead atoms. The zero-order chi connectivity index (χ0) is 16.2. The monoisotopic (exact) mass is 311 g/mol. The molecule has 3 rings (SSSR count). The van der Waals surface area contributed by atoms with E-state index in [2.05, 4.69) is 47.4 Å². The smallest absolute Gasteiger partial charge is 0.239 e. The Morgan fingerprint density at radius 3 is 2.83 bits per heavy atom. The van der Waals surface area contributed by atoms with Gasteiger partial charge in [-0.05, 0) is 36.1 Å². The zero-order valence-corrected chi connectivity index (χ0v) is 13.8. The van der Waals surface area contributed by atoms with Crippen molar-refractivity contribution in [2.75, 3.05) is 0 Å². The van der Waals surface area contributed by atoms with Crippen LogP contribution in [0, 0.1) is 0 Å². The Morgan fingerprint density at radius 1 is 1.22 bits per heavy atom. The summed E-state index contributed by atoms with van der Waals surface area (Å²) in [4.78, 5) is 12.5. The third-order valence-corrected chi connectivity index (χ3v) is 4.58.